The smallest absolute Gasteiger partial charge is 0.344 e. The summed E-state index contributed by atoms with van der Waals surface area (Å²) in [5.74, 6) is -22.1. The molecule has 66 heavy (non-hydrogen) atoms. The molecule has 0 aliphatic carbocycles. The summed E-state index contributed by atoms with van der Waals surface area (Å²) in [6.07, 6.45) is -8.62. The Kier molecular flexibility index (Phi) is 12.7. The van der Waals surface area contributed by atoms with Crippen LogP contribution in [0.3, 0.4) is 0 Å². The Bertz CT molecular complexity index is 2680. The van der Waals surface area contributed by atoms with Crippen LogP contribution in [0.5, 0.6) is 86.2 Å². The van der Waals surface area contributed by atoms with Crippen molar-refractivity contribution in [2.24, 2.45) is 0 Å². The highest BCUT2D eigenvalue weighted by atomic mass is 16.7. The van der Waals surface area contributed by atoms with E-state index in [-0.39, 0.29) is 0 Å². The third-order valence-corrected chi connectivity index (χ3v) is 9.30. The van der Waals surface area contributed by atoms with Crippen LogP contribution in [-0.4, -0.2) is 133 Å². The molecule has 0 spiro atoms. The molecule has 25 nitrogen and oxygen atoms in total. The minimum atomic E-state index is -2.01. The summed E-state index contributed by atoms with van der Waals surface area (Å²) in [6, 6.07) is 6.51. The molecule has 5 aromatic rings. The van der Waals surface area contributed by atoms with Gasteiger partial charge in [-0.15, -0.1) is 0 Å². The number of phenols is 14. The van der Waals surface area contributed by atoms with Gasteiger partial charge < -0.3 is 99.9 Å². The lowest BCUT2D eigenvalue weighted by Gasteiger charge is -2.39. The van der Waals surface area contributed by atoms with E-state index in [0.717, 1.165) is 0 Å². The average molecular weight is 925 g/mol. The largest absolute Gasteiger partial charge is 0.504 e. The van der Waals surface area contributed by atoms with E-state index in [1.807, 2.05) is 0 Å². The first kappa shape index (κ1) is 46.1. The quantitative estimate of drug-likeness (QED) is 0.0391. The molecule has 0 amide bonds. The van der Waals surface area contributed by atoms with Crippen molar-refractivity contribution in [3.63, 3.8) is 0 Å². The van der Waals surface area contributed by atoms with Gasteiger partial charge in [0, 0.05) is 0 Å². The van der Waals surface area contributed by atoms with E-state index in [4.69, 9.17) is 28.4 Å². The first-order valence-electron chi connectivity index (χ1n) is 18.3. The van der Waals surface area contributed by atoms with E-state index in [1.54, 1.807) is 0 Å². The highest BCUT2D eigenvalue weighted by molar-refractivity contribution is 5.95. The maximum Gasteiger partial charge on any atom is 0.344 e. The predicted octanol–water partition coefficient (Wildman–Crippen LogP) is 2.36. The van der Waals surface area contributed by atoms with E-state index >= 15 is 0 Å². The summed E-state index contributed by atoms with van der Waals surface area (Å²) >= 11 is 0. The fourth-order valence-electron chi connectivity index (χ4n) is 6.05. The molecular weight excluding hydrogens is 892 g/mol. The van der Waals surface area contributed by atoms with Crippen LogP contribution in [0.2, 0.25) is 0 Å². The van der Waals surface area contributed by atoms with E-state index in [0.29, 0.717) is 60.7 Å². The number of carbonyl (C=O) groups is 5. The van der Waals surface area contributed by atoms with Gasteiger partial charge in [0.05, 0.1) is 34.2 Å². The molecule has 1 saturated heterocycles. The van der Waals surface area contributed by atoms with E-state index in [1.165, 1.54) is 0 Å². The molecule has 1 aliphatic heterocycles. The molecular formula is C41H32O25. The van der Waals surface area contributed by atoms with Crippen molar-refractivity contribution in [3.8, 4) is 86.2 Å². The van der Waals surface area contributed by atoms with Crippen LogP contribution in [-0.2, 0) is 23.7 Å². The number of phenolic OH excluding ortho intramolecular Hbond substituents is 14. The molecule has 25 heteroatoms. The van der Waals surface area contributed by atoms with E-state index in [2.05, 4.69) is 0 Å². The predicted molar refractivity (Wildman–Crippen MR) is 208 cm³/mol. The number of aromatic hydroxyl groups is 14. The molecule has 0 saturated carbocycles. The molecule has 346 valence electrons. The Hall–Kier alpha value is -9.39. The maximum atomic E-state index is 13.8. The summed E-state index contributed by atoms with van der Waals surface area (Å²) < 4.78 is 32.5. The number of hydrogen-bond acceptors (Lipinski definition) is 25. The molecule has 1 heterocycles. The van der Waals surface area contributed by atoms with Crippen molar-refractivity contribution >= 4 is 29.8 Å². The lowest BCUT2D eigenvalue weighted by Crippen LogP contribution is -2.54. The number of carbonyl (C=O) groups excluding carboxylic acids is 5. The van der Waals surface area contributed by atoms with Crippen molar-refractivity contribution in [1.29, 1.82) is 0 Å². The summed E-state index contributed by atoms with van der Waals surface area (Å²) in [5, 5.41) is 140. The van der Waals surface area contributed by atoms with E-state index in [9.17, 15) is 95.5 Å². The van der Waals surface area contributed by atoms with Gasteiger partial charge in [-0.3, -0.25) is 0 Å². The molecule has 4 atom stereocenters. The van der Waals surface area contributed by atoms with Crippen LogP contribution in [0.4, 0.5) is 0 Å². The Labute approximate surface area is 365 Å². The van der Waals surface area contributed by atoms with Gasteiger partial charge in [-0.1, -0.05) is 0 Å². The van der Waals surface area contributed by atoms with Crippen LogP contribution in [0.1, 0.15) is 58.2 Å². The van der Waals surface area contributed by atoms with Gasteiger partial charge >= 0.3 is 29.8 Å². The van der Waals surface area contributed by atoms with Gasteiger partial charge in [-0.05, 0) is 60.7 Å². The third kappa shape index (κ3) is 9.64. The molecule has 1 aliphatic rings. The SMILES string of the molecule is O=C(OC[C@H]1O[C@@H](OC(=O)c2cc(O)c(O)c(O)c2)C[C@@H](OC(=O)c2cc(O)c(OC(=O)c3cc(O)c(O)c(O)c3)c(O)c2)[C@@H]1OC(=O)c1cc(O)c(O)c(O)c1)c1cc(O)c(O)c(O)c1. The highest BCUT2D eigenvalue weighted by Gasteiger charge is 2.46. The third-order valence-electron chi connectivity index (χ3n) is 9.30. The zero-order chi connectivity index (χ0) is 48.5. The molecule has 5 aromatic carbocycles. The van der Waals surface area contributed by atoms with Crippen LogP contribution >= 0.6 is 0 Å². The van der Waals surface area contributed by atoms with Crippen LogP contribution in [0, 0.1) is 0 Å². The number of benzene rings is 5. The first-order valence-corrected chi connectivity index (χ1v) is 18.3. The van der Waals surface area contributed by atoms with Gasteiger partial charge in [-0.2, -0.15) is 0 Å². The molecule has 14 N–H and O–H groups in total. The van der Waals surface area contributed by atoms with Gasteiger partial charge in [0.15, 0.2) is 86.6 Å². The van der Waals surface area contributed by atoms with Gasteiger partial charge in [0.25, 0.3) is 0 Å². The number of rotatable bonds is 11. The summed E-state index contributed by atoms with van der Waals surface area (Å²) in [5.41, 5.74) is -3.14. The van der Waals surface area contributed by atoms with Crippen molar-refractivity contribution in [1.82, 2.24) is 0 Å². The number of hydrogen-bond donors (Lipinski definition) is 14. The zero-order valence-electron chi connectivity index (χ0n) is 32.7. The number of ether oxygens (including phenoxy) is 6. The zero-order valence-corrected chi connectivity index (χ0v) is 32.7. The minimum absolute atomic E-state index is 0.576. The molecule has 0 bridgehead atoms. The highest BCUT2D eigenvalue weighted by Crippen LogP contribution is 2.42. The fourth-order valence-corrected chi connectivity index (χ4v) is 6.05. The van der Waals surface area contributed by atoms with Crippen molar-refractivity contribution in [3.05, 3.63) is 88.5 Å². The lowest BCUT2D eigenvalue weighted by molar-refractivity contribution is -0.238. The van der Waals surface area contributed by atoms with Gasteiger partial charge in [0.1, 0.15) is 18.8 Å². The van der Waals surface area contributed by atoms with Crippen LogP contribution in [0.25, 0.3) is 0 Å². The normalized spacial score (nSPS) is 16.7. The first-order chi connectivity index (χ1) is 31.0. The number of esters is 5. The Morgan fingerprint density at radius 2 is 0.742 bits per heavy atom. The van der Waals surface area contributed by atoms with Crippen molar-refractivity contribution in [2.45, 2.75) is 31.0 Å². The van der Waals surface area contributed by atoms with Crippen LogP contribution < -0.4 is 4.74 Å². The second-order valence-electron chi connectivity index (χ2n) is 13.8. The maximum absolute atomic E-state index is 13.8. The van der Waals surface area contributed by atoms with Crippen molar-refractivity contribution < 1.29 is 124 Å². The van der Waals surface area contributed by atoms with Gasteiger partial charge in [-0.25, -0.2) is 24.0 Å². The van der Waals surface area contributed by atoms with Gasteiger partial charge in [0.2, 0.25) is 12.0 Å². The molecule has 6 rings (SSSR count). The monoisotopic (exact) mass is 924 g/mol. The van der Waals surface area contributed by atoms with Crippen LogP contribution in [0.15, 0.2) is 60.7 Å². The second-order valence-corrected chi connectivity index (χ2v) is 13.8. The fraction of sp³-hybridized carbons (Fsp3) is 0.146. The second kappa shape index (κ2) is 18.1. The molecule has 1 fully saturated rings. The minimum Gasteiger partial charge on any atom is -0.504 e. The van der Waals surface area contributed by atoms with E-state index < -0.39 is 182 Å². The summed E-state index contributed by atoms with van der Waals surface area (Å²) in [7, 11) is 0. The Balaban J connectivity index is 1.35. The average Bonchev–Trinajstić information content (AvgIpc) is 3.25. The lowest BCUT2D eigenvalue weighted by atomic mass is 10.0. The van der Waals surface area contributed by atoms with Crippen molar-refractivity contribution in [2.75, 3.05) is 6.61 Å². The molecule has 0 aromatic heterocycles. The summed E-state index contributed by atoms with van der Waals surface area (Å²) in [4.78, 5) is 66.4. The topological polar surface area (TPSA) is 424 Å². The Morgan fingerprint density at radius 3 is 1.14 bits per heavy atom. The molecule has 0 unspecified atom stereocenters. The standard InChI is InChI=1S/C41H32O25/c42-18-1-13(2-19(43)31(18)52)37(56)61-12-29-36(66-41(60)16-7-24(48)34(55)25(49)8-16)28(11-30(62-29)64-39(58)14-3-20(44)32(53)21(45)4-14)63-38(57)17-9-26(50)35(27(51)10-17)65-40(59)15-5-22(46)33(54)23(47)6-15/h1-10,28-30,36,42-55H,11-12H2/t28-,29-,30+,36+/m1/s1. The Morgan fingerprint density at radius 1 is 0.424 bits per heavy atom. The summed E-state index contributed by atoms with van der Waals surface area (Å²) in [6.45, 7) is -1.06. The molecule has 0 radical (unpaired) electrons.